The lowest BCUT2D eigenvalue weighted by Crippen LogP contribution is -2.49. The summed E-state index contributed by atoms with van der Waals surface area (Å²) in [7, 11) is 1.60. The molecule has 6 heterocycles. The van der Waals surface area contributed by atoms with Gasteiger partial charge in [-0.2, -0.15) is 5.10 Å². The third kappa shape index (κ3) is 8.18. The number of rotatable bonds is 10. The van der Waals surface area contributed by atoms with E-state index in [0.29, 0.717) is 29.6 Å². The highest BCUT2D eigenvalue weighted by molar-refractivity contribution is 6.09. The van der Waals surface area contributed by atoms with Crippen molar-refractivity contribution in [2.45, 2.75) is 82.7 Å². The Kier molecular flexibility index (Phi) is 10.8. The number of aryl methyl sites for hydroxylation is 1. The van der Waals surface area contributed by atoms with Crippen LogP contribution in [0.2, 0.25) is 0 Å². The van der Waals surface area contributed by atoms with Crippen LogP contribution < -0.4 is 20.3 Å². The fourth-order valence-corrected chi connectivity index (χ4v) is 8.64. The van der Waals surface area contributed by atoms with Crippen molar-refractivity contribution in [3.8, 4) is 5.75 Å². The molecule has 18 heteroatoms. The van der Waals surface area contributed by atoms with Crippen LogP contribution in [0.15, 0.2) is 48.8 Å². The number of benzene rings is 1. The number of fused-ring (bicyclic) bond motifs is 2. The summed E-state index contributed by atoms with van der Waals surface area (Å²) in [5.74, 6) is -5.59. The van der Waals surface area contributed by atoms with Crippen molar-refractivity contribution in [1.29, 1.82) is 0 Å². The van der Waals surface area contributed by atoms with Crippen LogP contribution in [0.1, 0.15) is 97.9 Å². The molecule has 3 aliphatic rings. The second-order valence-corrected chi connectivity index (χ2v) is 16.0. The van der Waals surface area contributed by atoms with E-state index < -0.39 is 54.2 Å². The average Bonchev–Trinajstić information content (AvgIpc) is 3.73. The van der Waals surface area contributed by atoms with Gasteiger partial charge in [0.15, 0.2) is 5.82 Å². The Bertz CT molecular complexity index is 2430. The molecule has 2 N–H and O–H groups in total. The number of imide groups is 1. The Morgan fingerprint density at radius 2 is 1.81 bits per heavy atom. The van der Waals surface area contributed by atoms with Crippen LogP contribution in [-0.2, 0) is 11.8 Å². The first-order valence-electron chi connectivity index (χ1n) is 19.8. The second kappa shape index (κ2) is 15.8. The quantitative estimate of drug-likeness (QED) is 0.138. The monoisotopic (exact) mass is 821 g/mol. The number of piperidine rings is 1. The van der Waals surface area contributed by atoms with Crippen molar-refractivity contribution >= 4 is 46.0 Å². The smallest absolute Gasteiger partial charge is 0.329 e. The van der Waals surface area contributed by atoms with E-state index in [1.54, 1.807) is 28.6 Å². The van der Waals surface area contributed by atoms with Crippen molar-refractivity contribution in [1.82, 2.24) is 34.4 Å². The molecular weight excluding hydrogens is 777 g/mol. The first kappa shape index (κ1) is 40.1. The summed E-state index contributed by atoms with van der Waals surface area (Å²) in [6.07, 6.45) is 3.74. The minimum absolute atomic E-state index is 0.0156. The van der Waals surface area contributed by atoms with Crippen LogP contribution in [0, 0.1) is 11.7 Å². The molecule has 1 saturated carbocycles. The lowest BCUT2D eigenvalue weighted by molar-refractivity contribution is -0.120. The number of carbonyl (C=O) groups excluding carboxylic acids is 3. The van der Waals surface area contributed by atoms with E-state index in [2.05, 4.69) is 20.7 Å². The zero-order valence-electron chi connectivity index (χ0n) is 32.7. The summed E-state index contributed by atoms with van der Waals surface area (Å²) in [4.78, 5) is 49.2. The van der Waals surface area contributed by atoms with Crippen LogP contribution in [0.5, 0.6) is 5.75 Å². The number of likely N-dealkylation sites (tertiary alicyclic amines) is 1. The number of amides is 4. The minimum Gasteiger partial charge on any atom is -0.490 e. The van der Waals surface area contributed by atoms with Crippen molar-refractivity contribution in [2.75, 3.05) is 36.4 Å². The number of aromatic nitrogens is 5. The number of alkyl halides is 4. The van der Waals surface area contributed by atoms with Gasteiger partial charge in [0.1, 0.15) is 28.7 Å². The van der Waals surface area contributed by atoms with Gasteiger partial charge in [0.05, 0.1) is 35.3 Å². The van der Waals surface area contributed by atoms with Crippen molar-refractivity contribution < 1.29 is 41.1 Å². The zero-order chi connectivity index (χ0) is 41.7. The summed E-state index contributed by atoms with van der Waals surface area (Å²) < 4.78 is 83.2. The molecule has 1 unspecified atom stereocenters. The minimum atomic E-state index is -3.20. The zero-order valence-corrected chi connectivity index (χ0v) is 32.7. The van der Waals surface area contributed by atoms with Crippen LogP contribution in [-0.4, -0.2) is 85.1 Å². The maximum atomic E-state index is 15.9. The highest BCUT2D eigenvalue weighted by atomic mass is 19.3. The van der Waals surface area contributed by atoms with Gasteiger partial charge in [-0.05, 0) is 88.2 Å². The number of imidazole rings is 1. The van der Waals surface area contributed by atoms with Gasteiger partial charge < -0.3 is 14.5 Å². The van der Waals surface area contributed by atoms with Gasteiger partial charge in [0.25, 0.3) is 18.3 Å². The van der Waals surface area contributed by atoms with Crippen molar-refractivity contribution in [3.05, 3.63) is 77.1 Å². The predicted molar refractivity (Wildman–Crippen MR) is 208 cm³/mol. The van der Waals surface area contributed by atoms with Crippen LogP contribution in [0.4, 0.5) is 38.4 Å². The average molecular weight is 822 g/mol. The number of nitrogens with one attached hydrogen (secondary N) is 2. The molecule has 13 nitrogen and oxygen atoms in total. The Morgan fingerprint density at radius 3 is 2.53 bits per heavy atom. The molecule has 2 saturated heterocycles. The SMILES string of the molecule is CC(C)Oc1cc2nc(C3CCC(CN4CCC(c5cc6c(cc5F)c(N5CCC(=O)NC5=O)nn6C)C(F)(F)C4)CC3)cn2cc1C(=O)Nc1cccc(C(F)F)n1. The molecule has 1 aromatic carbocycles. The largest absolute Gasteiger partial charge is 0.490 e. The van der Waals surface area contributed by atoms with Crippen LogP contribution >= 0.6 is 0 Å². The van der Waals surface area contributed by atoms with E-state index in [4.69, 9.17) is 9.72 Å². The van der Waals surface area contributed by atoms with Gasteiger partial charge in [-0.15, -0.1) is 0 Å². The number of halogens is 5. The first-order valence-corrected chi connectivity index (χ1v) is 19.8. The van der Waals surface area contributed by atoms with Gasteiger partial charge in [0.2, 0.25) is 5.91 Å². The molecule has 59 heavy (non-hydrogen) atoms. The van der Waals surface area contributed by atoms with Gasteiger partial charge in [-0.3, -0.25) is 29.4 Å². The number of anilines is 2. The summed E-state index contributed by atoms with van der Waals surface area (Å²) in [6, 6.07) is 7.58. The standard InChI is InChI=1S/C41H44F5N9O4/c1-22(2)59-33-17-35-48-31(20-54(35)19-27(33)39(57)49-34-6-4-5-30(47-34)37(43)44)24-9-7-23(8-10-24)18-53-13-11-28(41(45,46)21-53)25-16-32-26(15-29(25)42)38(51-52(32)3)55-14-12-36(56)50-40(55)58/h4-6,15-17,19-20,22-24,28,37H,7-14,18,21H2,1-3H3,(H,47,49,57)(H,50,56,58). The Labute approximate surface area is 335 Å². The fourth-order valence-electron chi connectivity index (χ4n) is 8.64. The number of hydrogen-bond acceptors (Lipinski definition) is 8. The van der Waals surface area contributed by atoms with E-state index in [0.717, 1.165) is 37.4 Å². The molecule has 5 aromatic rings. The fraction of sp³-hybridized carbons (Fsp3) is 0.463. The lowest BCUT2D eigenvalue weighted by Gasteiger charge is -2.41. The third-order valence-corrected chi connectivity index (χ3v) is 11.5. The van der Waals surface area contributed by atoms with E-state index in [1.165, 1.54) is 33.8 Å². The molecule has 0 bridgehead atoms. The Morgan fingerprint density at radius 1 is 1.03 bits per heavy atom. The van der Waals surface area contributed by atoms with Gasteiger partial charge in [0, 0.05) is 56.3 Å². The summed E-state index contributed by atoms with van der Waals surface area (Å²) in [5, 5.41) is 9.48. The number of nitrogens with zero attached hydrogens (tertiary/aromatic N) is 7. The van der Waals surface area contributed by atoms with E-state index in [-0.39, 0.29) is 65.8 Å². The molecule has 1 aliphatic carbocycles. The number of pyridine rings is 2. The maximum absolute atomic E-state index is 15.9. The van der Waals surface area contributed by atoms with Crippen LogP contribution in [0.3, 0.4) is 0 Å². The molecule has 1 atom stereocenters. The molecule has 8 rings (SSSR count). The molecule has 2 aliphatic heterocycles. The number of hydrogen-bond donors (Lipinski definition) is 2. The van der Waals surface area contributed by atoms with Gasteiger partial charge in [-0.25, -0.2) is 36.7 Å². The normalized spacial score (nSPS) is 21.5. The molecule has 0 radical (unpaired) electrons. The molecule has 3 fully saturated rings. The van der Waals surface area contributed by atoms with E-state index >= 15 is 13.2 Å². The van der Waals surface area contributed by atoms with Crippen molar-refractivity contribution in [3.63, 3.8) is 0 Å². The second-order valence-electron chi connectivity index (χ2n) is 16.0. The third-order valence-electron chi connectivity index (χ3n) is 11.5. The maximum Gasteiger partial charge on any atom is 0.329 e. The highest BCUT2D eigenvalue weighted by Gasteiger charge is 2.47. The number of ether oxygens (including phenoxy) is 1. The highest BCUT2D eigenvalue weighted by Crippen LogP contribution is 2.44. The lowest BCUT2D eigenvalue weighted by atomic mass is 9.79. The topological polar surface area (TPSA) is 139 Å². The summed E-state index contributed by atoms with van der Waals surface area (Å²) in [5.41, 5.74) is 1.46. The Hall–Kier alpha value is -5.65. The summed E-state index contributed by atoms with van der Waals surface area (Å²) >= 11 is 0. The molecular formula is C41H44F5N9O4. The summed E-state index contributed by atoms with van der Waals surface area (Å²) in [6.45, 7) is 4.10. The first-order chi connectivity index (χ1) is 28.1. The van der Waals surface area contributed by atoms with E-state index in [1.807, 2.05) is 20.0 Å². The van der Waals surface area contributed by atoms with Crippen LogP contribution in [0.25, 0.3) is 16.6 Å². The van der Waals surface area contributed by atoms with Gasteiger partial charge in [-0.1, -0.05) is 6.07 Å². The van der Waals surface area contributed by atoms with Gasteiger partial charge >= 0.3 is 6.03 Å². The molecule has 4 aromatic heterocycles. The van der Waals surface area contributed by atoms with Crippen molar-refractivity contribution in [2.24, 2.45) is 13.0 Å². The molecule has 0 spiro atoms. The predicted octanol–water partition coefficient (Wildman–Crippen LogP) is 7.58. The van der Waals surface area contributed by atoms with E-state index in [9.17, 15) is 23.2 Å². The molecule has 4 amide bonds. The molecule has 312 valence electrons. The number of urea groups is 1. The number of carbonyl (C=O) groups is 3. The Balaban J connectivity index is 0.906.